The molecule has 4 heterocycles. The highest BCUT2D eigenvalue weighted by molar-refractivity contribution is 5.84. The first-order chi connectivity index (χ1) is 13.7. The van der Waals surface area contributed by atoms with Crippen molar-refractivity contribution in [2.24, 2.45) is 13.0 Å². The van der Waals surface area contributed by atoms with Crippen molar-refractivity contribution in [1.29, 1.82) is 0 Å². The van der Waals surface area contributed by atoms with Gasteiger partial charge >= 0.3 is 6.18 Å². The fraction of sp³-hybridized carbons (Fsp3) is 0.444. The van der Waals surface area contributed by atoms with E-state index in [1.807, 2.05) is 6.92 Å². The van der Waals surface area contributed by atoms with Crippen LogP contribution in [0.3, 0.4) is 0 Å². The maximum Gasteiger partial charge on any atom is 0.408 e. The number of halogens is 3. The molecule has 1 amide bonds. The average Bonchev–Trinajstić information content (AvgIpc) is 3.34. The lowest BCUT2D eigenvalue weighted by Crippen LogP contribution is -2.26. The molecule has 1 aliphatic heterocycles. The van der Waals surface area contributed by atoms with Crippen LogP contribution in [0.1, 0.15) is 13.3 Å². The zero-order valence-electron chi connectivity index (χ0n) is 15.8. The molecule has 1 N–H and O–H groups in total. The van der Waals surface area contributed by atoms with E-state index in [0.29, 0.717) is 41.1 Å². The molecule has 11 heteroatoms. The van der Waals surface area contributed by atoms with Crippen molar-refractivity contribution in [2.75, 3.05) is 6.54 Å². The lowest BCUT2D eigenvalue weighted by atomic mass is 10.0. The largest absolute Gasteiger partial charge is 0.473 e. The molecule has 29 heavy (non-hydrogen) atoms. The van der Waals surface area contributed by atoms with E-state index in [9.17, 15) is 18.0 Å². The second-order valence-corrected chi connectivity index (χ2v) is 7.17. The molecule has 0 aromatic carbocycles. The summed E-state index contributed by atoms with van der Waals surface area (Å²) in [6.45, 7) is 1.21. The van der Waals surface area contributed by atoms with Gasteiger partial charge in [-0.25, -0.2) is 9.97 Å². The quantitative estimate of drug-likeness (QED) is 0.700. The number of nitrogens with one attached hydrogen (secondary N) is 1. The zero-order valence-corrected chi connectivity index (χ0v) is 15.8. The summed E-state index contributed by atoms with van der Waals surface area (Å²) in [6.07, 6.45) is -0.0470. The number of pyridine rings is 1. The molecule has 154 valence electrons. The predicted molar refractivity (Wildman–Crippen MR) is 97.0 cm³/mol. The van der Waals surface area contributed by atoms with E-state index in [1.54, 1.807) is 24.0 Å². The number of ether oxygens (including phenoxy) is 1. The first-order valence-electron chi connectivity index (χ1n) is 9.04. The minimum absolute atomic E-state index is 0.00534. The molecule has 1 fully saturated rings. The molecule has 0 bridgehead atoms. The molecular weight excluding hydrogens is 389 g/mol. The molecule has 3 aromatic heterocycles. The third kappa shape index (κ3) is 4.03. The molecule has 2 atom stereocenters. The molecule has 4 rings (SSSR count). The van der Waals surface area contributed by atoms with E-state index >= 15 is 0 Å². The smallest absolute Gasteiger partial charge is 0.408 e. The van der Waals surface area contributed by atoms with E-state index in [1.165, 1.54) is 12.4 Å². The molecule has 0 spiro atoms. The molecule has 1 saturated heterocycles. The summed E-state index contributed by atoms with van der Waals surface area (Å²) in [6, 6.07) is 1.68. The number of rotatable bonds is 5. The van der Waals surface area contributed by atoms with E-state index in [0.717, 1.165) is 4.68 Å². The summed E-state index contributed by atoms with van der Waals surface area (Å²) in [4.78, 5) is 20.3. The Morgan fingerprint density at radius 3 is 2.90 bits per heavy atom. The van der Waals surface area contributed by atoms with Gasteiger partial charge in [0.05, 0.1) is 23.7 Å². The predicted octanol–water partition coefficient (Wildman–Crippen LogP) is 2.30. The number of carbonyl (C=O) groups is 1. The number of imidazole rings is 1. The Balaban J connectivity index is 1.67. The number of aromatic nitrogens is 5. The van der Waals surface area contributed by atoms with Gasteiger partial charge in [-0.3, -0.25) is 9.48 Å². The Hall–Kier alpha value is -3.11. The van der Waals surface area contributed by atoms with E-state index in [2.05, 4.69) is 20.4 Å². The van der Waals surface area contributed by atoms with E-state index in [4.69, 9.17) is 4.74 Å². The van der Waals surface area contributed by atoms with Gasteiger partial charge < -0.3 is 14.6 Å². The lowest BCUT2D eigenvalue weighted by molar-refractivity contribution is -0.142. The van der Waals surface area contributed by atoms with Gasteiger partial charge in [0, 0.05) is 37.7 Å². The first-order valence-corrected chi connectivity index (χ1v) is 9.04. The highest BCUT2D eigenvalue weighted by Crippen LogP contribution is 2.30. The van der Waals surface area contributed by atoms with Crippen molar-refractivity contribution in [3.05, 3.63) is 24.8 Å². The van der Waals surface area contributed by atoms with Crippen LogP contribution < -0.4 is 10.1 Å². The number of alkyl halides is 3. The topological polar surface area (TPSA) is 86.9 Å². The zero-order chi connectivity index (χ0) is 20.8. The van der Waals surface area contributed by atoms with Crippen LogP contribution in [0.5, 0.6) is 5.88 Å². The third-order valence-electron chi connectivity index (χ3n) is 4.90. The van der Waals surface area contributed by atoms with Gasteiger partial charge in [-0.1, -0.05) is 0 Å². The van der Waals surface area contributed by atoms with Crippen LogP contribution in [-0.4, -0.2) is 49.0 Å². The Morgan fingerprint density at radius 2 is 2.21 bits per heavy atom. The summed E-state index contributed by atoms with van der Waals surface area (Å²) in [7, 11) is 1.80. The summed E-state index contributed by atoms with van der Waals surface area (Å²) in [5.74, 6) is 0.300. The molecule has 1 aliphatic rings. The SMILES string of the molecule is CC(Oc1nc(-c2cnn(CC(F)(F)F)c2)cc2ncn(C)c12)C1CNC(=O)C1. The summed E-state index contributed by atoms with van der Waals surface area (Å²) < 4.78 is 46.5. The molecule has 0 saturated carbocycles. The standard InChI is InChI=1S/C18H19F3N6O2/c1-10(11-3-15(28)22-5-11)29-17-16-14(23-9-26(16)2)4-13(25-17)12-6-24-27(7-12)8-18(19,20)21/h4,6-7,9-11H,3,5,8H2,1-2H3,(H,22,28). The van der Waals surface area contributed by atoms with Crippen LogP contribution in [0.15, 0.2) is 24.8 Å². The van der Waals surface area contributed by atoms with Crippen molar-refractivity contribution in [1.82, 2.24) is 29.6 Å². The van der Waals surface area contributed by atoms with Crippen molar-refractivity contribution < 1.29 is 22.7 Å². The summed E-state index contributed by atoms with van der Waals surface area (Å²) >= 11 is 0. The maximum absolute atomic E-state index is 12.6. The Morgan fingerprint density at radius 1 is 1.41 bits per heavy atom. The molecule has 3 aromatic rings. The van der Waals surface area contributed by atoms with E-state index < -0.39 is 12.7 Å². The number of carbonyl (C=O) groups excluding carboxylic acids is 1. The second kappa shape index (κ2) is 7.05. The molecule has 0 radical (unpaired) electrons. The second-order valence-electron chi connectivity index (χ2n) is 7.17. The van der Waals surface area contributed by atoms with Crippen molar-refractivity contribution >= 4 is 16.9 Å². The molecule has 2 unspecified atom stereocenters. The maximum atomic E-state index is 12.6. The molecular formula is C18H19F3N6O2. The van der Waals surface area contributed by atoms with Gasteiger partial charge in [0.1, 0.15) is 18.2 Å². The van der Waals surface area contributed by atoms with Gasteiger partial charge in [-0.2, -0.15) is 18.3 Å². The van der Waals surface area contributed by atoms with Crippen LogP contribution in [0, 0.1) is 5.92 Å². The van der Waals surface area contributed by atoms with Gasteiger partial charge in [0.2, 0.25) is 11.8 Å². The van der Waals surface area contributed by atoms with E-state index in [-0.39, 0.29) is 17.9 Å². The summed E-state index contributed by atoms with van der Waals surface area (Å²) in [5.41, 5.74) is 2.11. The molecule has 8 nitrogen and oxygen atoms in total. The Labute approximate surface area is 163 Å². The lowest BCUT2D eigenvalue weighted by Gasteiger charge is -2.20. The van der Waals surface area contributed by atoms with Gasteiger partial charge in [0.15, 0.2) is 0 Å². The Kier molecular flexibility index (Phi) is 4.67. The third-order valence-corrected chi connectivity index (χ3v) is 4.90. The minimum atomic E-state index is -4.36. The van der Waals surface area contributed by atoms with Crippen LogP contribution in [0.2, 0.25) is 0 Å². The fourth-order valence-electron chi connectivity index (χ4n) is 3.37. The summed E-state index contributed by atoms with van der Waals surface area (Å²) in [5, 5.41) is 6.55. The van der Waals surface area contributed by atoms with Crippen LogP contribution >= 0.6 is 0 Å². The number of fused-ring (bicyclic) bond motifs is 1. The monoisotopic (exact) mass is 408 g/mol. The van der Waals surface area contributed by atoms with Gasteiger partial charge in [0.25, 0.3) is 0 Å². The highest BCUT2D eigenvalue weighted by Gasteiger charge is 2.30. The van der Waals surface area contributed by atoms with Crippen LogP contribution in [0.25, 0.3) is 22.3 Å². The van der Waals surface area contributed by atoms with Gasteiger partial charge in [-0.05, 0) is 13.0 Å². The number of hydrogen-bond donors (Lipinski definition) is 1. The fourth-order valence-corrected chi connectivity index (χ4v) is 3.37. The first kappa shape index (κ1) is 19.2. The van der Waals surface area contributed by atoms with Crippen molar-refractivity contribution in [3.63, 3.8) is 0 Å². The Bertz CT molecular complexity index is 1060. The minimum Gasteiger partial charge on any atom is -0.473 e. The van der Waals surface area contributed by atoms with Crippen LogP contribution in [-0.2, 0) is 18.4 Å². The highest BCUT2D eigenvalue weighted by atomic mass is 19.4. The average molecular weight is 408 g/mol. The molecule has 0 aliphatic carbocycles. The number of nitrogens with zero attached hydrogens (tertiary/aromatic N) is 5. The van der Waals surface area contributed by atoms with Crippen molar-refractivity contribution in [2.45, 2.75) is 32.2 Å². The van der Waals surface area contributed by atoms with Gasteiger partial charge in [-0.15, -0.1) is 0 Å². The van der Waals surface area contributed by atoms with Crippen LogP contribution in [0.4, 0.5) is 13.2 Å². The van der Waals surface area contributed by atoms with Crippen molar-refractivity contribution in [3.8, 4) is 17.1 Å². The number of hydrogen-bond acceptors (Lipinski definition) is 5. The number of aryl methyl sites for hydroxylation is 1. The normalized spacial score (nSPS) is 18.2. The number of amides is 1.